The Bertz CT molecular complexity index is 1660. The molecule has 0 atom stereocenters. The van der Waals surface area contributed by atoms with Gasteiger partial charge in [-0.05, 0) is 56.9 Å². The Morgan fingerprint density at radius 3 is 1.50 bits per heavy atom. The van der Waals surface area contributed by atoms with E-state index in [9.17, 15) is 0 Å². The monoisotopic (exact) mass is 444 g/mol. The lowest BCUT2D eigenvalue weighted by molar-refractivity contribution is 1.50. The molecule has 2 heterocycles. The van der Waals surface area contributed by atoms with Crippen molar-refractivity contribution in [1.82, 2.24) is 9.97 Å². The van der Waals surface area contributed by atoms with Crippen LogP contribution in [0.3, 0.4) is 0 Å². The fourth-order valence-electron chi connectivity index (χ4n) is 4.63. The Balaban J connectivity index is 1.39. The second-order valence-electron chi connectivity index (χ2n) is 7.95. The van der Waals surface area contributed by atoms with Crippen molar-refractivity contribution in [2.75, 3.05) is 0 Å². The quantitative estimate of drug-likeness (QED) is 0.250. The topological polar surface area (TPSA) is 25.8 Å². The number of nitrogens with zero attached hydrogens (tertiary/aromatic N) is 2. The predicted octanol–water partition coefficient (Wildman–Crippen LogP) is 8.55. The second-order valence-corrected chi connectivity index (χ2v) is 9.66. The van der Waals surface area contributed by atoms with Crippen LogP contribution in [0.4, 0.5) is 0 Å². The van der Waals surface area contributed by atoms with Gasteiger partial charge in [0.15, 0.2) is 0 Å². The van der Waals surface area contributed by atoms with Gasteiger partial charge in [0.2, 0.25) is 0 Å². The molecular formula is C28H16N2S2. The van der Waals surface area contributed by atoms with Crippen LogP contribution in [0.1, 0.15) is 0 Å². The Morgan fingerprint density at radius 1 is 0.500 bits per heavy atom. The molecule has 4 heteroatoms. The Hall–Kier alpha value is -3.60. The lowest BCUT2D eigenvalue weighted by Crippen LogP contribution is -1.84. The molecule has 0 saturated carbocycles. The van der Waals surface area contributed by atoms with E-state index in [0.717, 1.165) is 11.0 Å². The first-order valence-electron chi connectivity index (χ1n) is 10.5. The molecule has 7 rings (SSSR count). The second kappa shape index (κ2) is 6.95. The number of fused-ring (bicyclic) bond motifs is 5. The summed E-state index contributed by atoms with van der Waals surface area (Å²) >= 11 is 3.41. The fraction of sp³-hybridized carbons (Fsp3) is 0. The Kier molecular flexibility index (Phi) is 3.92. The molecule has 2 nitrogen and oxygen atoms in total. The average Bonchev–Trinajstić information content (AvgIpc) is 3.52. The molecule has 32 heavy (non-hydrogen) atoms. The minimum Gasteiger partial charge on any atom is -0.245 e. The van der Waals surface area contributed by atoms with Crippen molar-refractivity contribution in [3.8, 4) is 22.3 Å². The van der Waals surface area contributed by atoms with Gasteiger partial charge in [-0.1, -0.05) is 60.7 Å². The fourth-order valence-corrected chi connectivity index (χ4v) is 6.29. The molecule has 0 unspecified atom stereocenters. The molecule has 0 radical (unpaired) electrons. The normalized spacial score (nSPS) is 11.8. The molecule has 0 saturated heterocycles. The van der Waals surface area contributed by atoms with Crippen molar-refractivity contribution < 1.29 is 0 Å². The van der Waals surface area contributed by atoms with E-state index in [1.165, 1.54) is 53.2 Å². The third-order valence-corrected chi connectivity index (χ3v) is 7.92. The molecule has 0 aliphatic carbocycles. The van der Waals surface area contributed by atoms with Crippen LogP contribution in [0.25, 0.3) is 64.2 Å². The average molecular weight is 445 g/mol. The van der Waals surface area contributed by atoms with Crippen LogP contribution in [0.15, 0.2) is 96.0 Å². The zero-order valence-corrected chi connectivity index (χ0v) is 18.6. The SMILES string of the molecule is c1cc(-c2ccc3c(ccc4cc(-c5cccc6ncsc56)ccc43)c2)c2scnc2c1. The van der Waals surface area contributed by atoms with Crippen molar-refractivity contribution in [2.24, 2.45) is 0 Å². The number of hydrogen-bond donors (Lipinski definition) is 0. The van der Waals surface area contributed by atoms with E-state index in [1.54, 1.807) is 22.7 Å². The number of benzene rings is 5. The van der Waals surface area contributed by atoms with Crippen LogP contribution in [-0.2, 0) is 0 Å². The van der Waals surface area contributed by atoms with Gasteiger partial charge >= 0.3 is 0 Å². The first-order chi connectivity index (χ1) is 15.8. The van der Waals surface area contributed by atoms with E-state index in [0.29, 0.717) is 0 Å². The molecule has 0 N–H and O–H groups in total. The first-order valence-corrected chi connectivity index (χ1v) is 12.2. The summed E-state index contributed by atoms with van der Waals surface area (Å²) in [5.41, 5.74) is 10.9. The van der Waals surface area contributed by atoms with E-state index >= 15 is 0 Å². The number of thiazole rings is 2. The van der Waals surface area contributed by atoms with Gasteiger partial charge in [-0.2, -0.15) is 0 Å². The molecule has 0 fully saturated rings. The van der Waals surface area contributed by atoms with Gasteiger partial charge in [-0.25, -0.2) is 9.97 Å². The standard InChI is InChI=1S/C28H16N2S2/c1-3-23(27-25(5-1)29-15-31-27)19-9-11-21-17(13-19)7-8-18-14-20(10-12-22(18)21)24-4-2-6-26-28(24)32-16-30-26/h1-16H. The van der Waals surface area contributed by atoms with Crippen molar-refractivity contribution in [3.63, 3.8) is 0 Å². The molecule has 0 spiro atoms. The van der Waals surface area contributed by atoms with Crippen LogP contribution in [0.5, 0.6) is 0 Å². The highest BCUT2D eigenvalue weighted by molar-refractivity contribution is 7.17. The Morgan fingerprint density at radius 2 is 1.00 bits per heavy atom. The van der Waals surface area contributed by atoms with Crippen LogP contribution >= 0.6 is 22.7 Å². The summed E-state index contributed by atoms with van der Waals surface area (Å²) in [5.74, 6) is 0. The van der Waals surface area contributed by atoms with E-state index in [2.05, 4.69) is 94.9 Å². The molecule has 7 aromatic rings. The summed E-state index contributed by atoms with van der Waals surface area (Å²) in [5, 5.41) is 5.08. The summed E-state index contributed by atoms with van der Waals surface area (Å²) in [4.78, 5) is 8.94. The number of rotatable bonds is 2. The van der Waals surface area contributed by atoms with Gasteiger partial charge in [0, 0.05) is 11.1 Å². The van der Waals surface area contributed by atoms with E-state index < -0.39 is 0 Å². The third-order valence-electron chi connectivity index (χ3n) is 6.17. The first kappa shape index (κ1) is 18.0. The van der Waals surface area contributed by atoms with E-state index in [4.69, 9.17) is 0 Å². The van der Waals surface area contributed by atoms with Gasteiger partial charge < -0.3 is 0 Å². The molecular weight excluding hydrogens is 428 g/mol. The van der Waals surface area contributed by atoms with Crippen molar-refractivity contribution >= 4 is 64.7 Å². The molecule has 0 aliphatic rings. The summed E-state index contributed by atoms with van der Waals surface area (Å²) in [7, 11) is 0. The minimum absolute atomic E-state index is 1.06. The highest BCUT2D eigenvalue weighted by atomic mass is 32.1. The van der Waals surface area contributed by atoms with E-state index in [-0.39, 0.29) is 0 Å². The zero-order chi connectivity index (χ0) is 21.1. The van der Waals surface area contributed by atoms with Crippen LogP contribution in [-0.4, -0.2) is 9.97 Å². The molecule has 2 aromatic heterocycles. The maximum Gasteiger partial charge on any atom is 0.0818 e. The smallest absolute Gasteiger partial charge is 0.0818 e. The molecule has 0 amide bonds. The molecule has 0 bridgehead atoms. The van der Waals surface area contributed by atoms with E-state index in [1.807, 2.05) is 11.0 Å². The van der Waals surface area contributed by atoms with Crippen LogP contribution in [0, 0.1) is 0 Å². The van der Waals surface area contributed by atoms with Crippen molar-refractivity contribution in [3.05, 3.63) is 96.0 Å². The Labute approximate surface area is 192 Å². The zero-order valence-electron chi connectivity index (χ0n) is 16.9. The summed E-state index contributed by atoms with van der Waals surface area (Å²) in [6.45, 7) is 0. The third kappa shape index (κ3) is 2.70. The molecule has 150 valence electrons. The maximum atomic E-state index is 4.47. The summed E-state index contributed by atoms with van der Waals surface area (Å²) in [6.07, 6.45) is 0. The minimum atomic E-state index is 1.06. The highest BCUT2D eigenvalue weighted by Gasteiger charge is 2.10. The van der Waals surface area contributed by atoms with Crippen LogP contribution in [0.2, 0.25) is 0 Å². The van der Waals surface area contributed by atoms with Gasteiger partial charge in [0.05, 0.1) is 31.5 Å². The lowest BCUT2D eigenvalue weighted by atomic mass is 9.95. The molecule has 5 aromatic carbocycles. The van der Waals surface area contributed by atoms with Gasteiger partial charge in [-0.15, -0.1) is 22.7 Å². The van der Waals surface area contributed by atoms with Crippen molar-refractivity contribution in [1.29, 1.82) is 0 Å². The summed E-state index contributed by atoms with van der Waals surface area (Å²) < 4.78 is 2.49. The highest BCUT2D eigenvalue weighted by Crippen LogP contribution is 2.37. The van der Waals surface area contributed by atoms with Gasteiger partial charge in [0.25, 0.3) is 0 Å². The maximum absolute atomic E-state index is 4.47. The molecule has 0 aliphatic heterocycles. The predicted molar refractivity (Wildman–Crippen MR) is 139 cm³/mol. The van der Waals surface area contributed by atoms with Gasteiger partial charge in [-0.3, -0.25) is 0 Å². The lowest BCUT2D eigenvalue weighted by Gasteiger charge is -2.10. The largest absolute Gasteiger partial charge is 0.245 e. The number of aromatic nitrogens is 2. The van der Waals surface area contributed by atoms with Gasteiger partial charge in [0.1, 0.15) is 0 Å². The number of hydrogen-bond acceptors (Lipinski definition) is 4. The van der Waals surface area contributed by atoms with Crippen molar-refractivity contribution in [2.45, 2.75) is 0 Å². The van der Waals surface area contributed by atoms with Crippen LogP contribution < -0.4 is 0 Å². The summed E-state index contributed by atoms with van der Waals surface area (Å²) in [6, 6.07) is 30.8.